The van der Waals surface area contributed by atoms with Gasteiger partial charge in [-0.2, -0.15) is 0 Å². The third-order valence-electron chi connectivity index (χ3n) is 4.04. The first-order valence-electron chi connectivity index (χ1n) is 9.84. The molecule has 0 aromatic rings. The van der Waals surface area contributed by atoms with Crippen LogP contribution in [0.25, 0.3) is 0 Å². The molecule has 7 nitrogen and oxygen atoms in total. The minimum absolute atomic E-state index is 0.0589. The molecule has 0 aromatic heterocycles. The molecule has 0 saturated heterocycles. The van der Waals surface area contributed by atoms with E-state index in [1.807, 2.05) is 0 Å². The number of unbranched alkanes of at least 4 members (excludes halogenated alkanes) is 4. The van der Waals surface area contributed by atoms with Crippen molar-refractivity contribution in [2.75, 3.05) is 6.61 Å². The SMILES string of the molecule is C=CCCCCC(=O)N(C(=O)CCCCC=C)C(CC(=O)O)C(=O)OCCC. The second kappa shape index (κ2) is 15.6. The largest absolute Gasteiger partial charge is 0.481 e. The number of carbonyl (C=O) groups is 4. The Kier molecular flexibility index (Phi) is 14.2. The van der Waals surface area contributed by atoms with Gasteiger partial charge in [-0.25, -0.2) is 4.79 Å². The van der Waals surface area contributed by atoms with Crippen LogP contribution in [-0.2, 0) is 23.9 Å². The lowest BCUT2D eigenvalue weighted by Crippen LogP contribution is -2.50. The Balaban J connectivity index is 5.38. The van der Waals surface area contributed by atoms with Crippen LogP contribution in [0, 0.1) is 0 Å². The summed E-state index contributed by atoms with van der Waals surface area (Å²) in [6.45, 7) is 9.14. The Bertz CT molecular complexity index is 515. The third kappa shape index (κ3) is 10.6. The highest BCUT2D eigenvalue weighted by atomic mass is 16.5. The molecule has 1 N–H and O–H groups in total. The Labute approximate surface area is 167 Å². The first kappa shape index (κ1) is 25.6. The van der Waals surface area contributed by atoms with Crippen LogP contribution in [0.2, 0.25) is 0 Å². The quantitative estimate of drug-likeness (QED) is 0.243. The summed E-state index contributed by atoms with van der Waals surface area (Å²) in [5, 5.41) is 9.18. The van der Waals surface area contributed by atoms with Gasteiger partial charge < -0.3 is 9.84 Å². The molecule has 0 aromatic carbocycles. The summed E-state index contributed by atoms with van der Waals surface area (Å²) >= 11 is 0. The van der Waals surface area contributed by atoms with E-state index >= 15 is 0 Å². The molecule has 0 saturated carbocycles. The monoisotopic (exact) mass is 395 g/mol. The van der Waals surface area contributed by atoms with Gasteiger partial charge in [-0.15, -0.1) is 13.2 Å². The van der Waals surface area contributed by atoms with Crippen LogP contribution < -0.4 is 0 Å². The van der Waals surface area contributed by atoms with Gasteiger partial charge in [-0.3, -0.25) is 19.3 Å². The van der Waals surface area contributed by atoms with Crippen LogP contribution in [0.4, 0.5) is 0 Å². The van der Waals surface area contributed by atoms with Crippen LogP contribution in [0.5, 0.6) is 0 Å². The fourth-order valence-electron chi connectivity index (χ4n) is 2.60. The molecule has 1 unspecified atom stereocenters. The number of esters is 1. The van der Waals surface area contributed by atoms with E-state index in [1.54, 1.807) is 19.1 Å². The molecule has 1 atom stereocenters. The van der Waals surface area contributed by atoms with Crippen molar-refractivity contribution in [2.45, 2.75) is 77.2 Å². The molecule has 158 valence electrons. The van der Waals surface area contributed by atoms with Crippen molar-refractivity contribution in [2.24, 2.45) is 0 Å². The van der Waals surface area contributed by atoms with E-state index in [0.717, 1.165) is 30.6 Å². The van der Waals surface area contributed by atoms with Crippen molar-refractivity contribution in [3.05, 3.63) is 25.3 Å². The molecule has 0 aliphatic carbocycles. The van der Waals surface area contributed by atoms with Gasteiger partial charge in [0.1, 0.15) is 6.04 Å². The third-order valence-corrected chi connectivity index (χ3v) is 4.04. The van der Waals surface area contributed by atoms with Gasteiger partial charge in [0.15, 0.2) is 0 Å². The predicted octanol–water partition coefficient (Wildman–Crippen LogP) is 3.63. The van der Waals surface area contributed by atoms with E-state index in [4.69, 9.17) is 4.74 Å². The summed E-state index contributed by atoms with van der Waals surface area (Å²) < 4.78 is 5.05. The number of rotatable bonds is 16. The molecule has 7 heteroatoms. The molecule has 28 heavy (non-hydrogen) atoms. The highest BCUT2D eigenvalue weighted by Gasteiger charge is 2.36. The number of imide groups is 1. The number of hydrogen-bond acceptors (Lipinski definition) is 5. The first-order valence-corrected chi connectivity index (χ1v) is 9.84. The lowest BCUT2D eigenvalue weighted by Gasteiger charge is -2.28. The fourth-order valence-corrected chi connectivity index (χ4v) is 2.60. The minimum Gasteiger partial charge on any atom is -0.481 e. The average Bonchev–Trinajstić information content (AvgIpc) is 2.65. The molecule has 0 radical (unpaired) electrons. The van der Waals surface area contributed by atoms with Crippen LogP contribution >= 0.6 is 0 Å². The normalized spacial score (nSPS) is 11.3. The zero-order valence-electron chi connectivity index (χ0n) is 16.9. The number of allylic oxidation sites excluding steroid dienone is 2. The summed E-state index contributed by atoms with van der Waals surface area (Å²) in [4.78, 5) is 49.9. The second-order valence-corrected chi connectivity index (χ2v) is 6.51. The summed E-state index contributed by atoms with van der Waals surface area (Å²) in [5.74, 6) is -3.22. The van der Waals surface area contributed by atoms with Crippen molar-refractivity contribution in [1.29, 1.82) is 0 Å². The molecular formula is C21H33NO6. The average molecular weight is 395 g/mol. The van der Waals surface area contributed by atoms with Crippen LogP contribution in [0.1, 0.15) is 71.1 Å². The summed E-state index contributed by atoms with van der Waals surface area (Å²) in [5.41, 5.74) is 0. The molecule has 0 aliphatic heterocycles. The van der Waals surface area contributed by atoms with Crippen LogP contribution in [-0.4, -0.2) is 46.4 Å². The van der Waals surface area contributed by atoms with Crippen molar-refractivity contribution in [1.82, 2.24) is 4.90 Å². The smallest absolute Gasteiger partial charge is 0.329 e. The van der Waals surface area contributed by atoms with Crippen molar-refractivity contribution in [3.63, 3.8) is 0 Å². The van der Waals surface area contributed by atoms with Crippen molar-refractivity contribution < 1.29 is 29.0 Å². The van der Waals surface area contributed by atoms with Crippen LogP contribution in [0.3, 0.4) is 0 Å². The number of aliphatic carboxylic acids is 1. The molecule has 0 aliphatic rings. The number of amides is 2. The van der Waals surface area contributed by atoms with Crippen molar-refractivity contribution >= 4 is 23.8 Å². The van der Waals surface area contributed by atoms with E-state index < -0.39 is 36.2 Å². The first-order chi connectivity index (χ1) is 13.4. The van der Waals surface area contributed by atoms with Gasteiger partial charge in [0.05, 0.1) is 13.0 Å². The maximum atomic E-state index is 12.7. The number of carboxylic acid groups (broad SMARTS) is 1. The molecule has 2 amide bonds. The Morgan fingerprint density at radius 1 is 0.964 bits per heavy atom. The van der Waals surface area contributed by atoms with Crippen LogP contribution in [0.15, 0.2) is 25.3 Å². The van der Waals surface area contributed by atoms with Gasteiger partial charge in [-0.1, -0.05) is 19.1 Å². The molecular weight excluding hydrogens is 362 g/mol. The van der Waals surface area contributed by atoms with E-state index in [-0.39, 0.29) is 19.4 Å². The van der Waals surface area contributed by atoms with E-state index in [0.29, 0.717) is 19.3 Å². The molecule has 0 rings (SSSR count). The Morgan fingerprint density at radius 3 is 1.86 bits per heavy atom. The molecule has 0 heterocycles. The van der Waals surface area contributed by atoms with E-state index in [9.17, 15) is 24.3 Å². The Morgan fingerprint density at radius 2 is 1.46 bits per heavy atom. The summed E-state index contributed by atoms with van der Waals surface area (Å²) in [6.07, 6.45) is 7.44. The molecule has 0 bridgehead atoms. The highest BCUT2D eigenvalue weighted by Crippen LogP contribution is 2.16. The minimum atomic E-state index is -1.44. The topological polar surface area (TPSA) is 101 Å². The van der Waals surface area contributed by atoms with E-state index in [2.05, 4.69) is 13.2 Å². The predicted molar refractivity (Wildman–Crippen MR) is 106 cm³/mol. The number of carbonyl (C=O) groups excluding carboxylic acids is 3. The summed E-state index contributed by atoms with van der Waals surface area (Å²) in [7, 11) is 0. The number of carboxylic acids is 1. The van der Waals surface area contributed by atoms with Crippen molar-refractivity contribution in [3.8, 4) is 0 Å². The lowest BCUT2D eigenvalue weighted by molar-refractivity contribution is -0.164. The van der Waals surface area contributed by atoms with Gasteiger partial charge in [0.2, 0.25) is 11.8 Å². The molecule has 0 fully saturated rings. The van der Waals surface area contributed by atoms with E-state index in [1.165, 1.54) is 0 Å². The number of hydrogen-bond donors (Lipinski definition) is 1. The fraction of sp³-hybridized carbons (Fsp3) is 0.619. The maximum absolute atomic E-state index is 12.7. The number of nitrogens with zero attached hydrogens (tertiary/aromatic N) is 1. The second-order valence-electron chi connectivity index (χ2n) is 6.51. The zero-order valence-corrected chi connectivity index (χ0v) is 16.9. The zero-order chi connectivity index (χ0) is 21.4. The maximum Gasteiger partial charge on any atom is 0.329 e. The van der Waals surface area contributed by atoms with Gasteiger partial charge in [0.25, 0.3) is 0 Å². The summed E-state index contributed by atoms with van der Waals surface area (Å²) in [6, 6.07) is -1.44. The highest BCUT2D eigenvalue weighted by molar-refractivity contribution is 6.00. The van der Waals surface area contributed by atoms with Gasteiger partial charge in [0, 0.05) is 12.8 Å². The standard InChI is InChI=1S/C21H33NO6/c1-4-7-9-11-13-18(23)22(19(24)14-12-10-8-5-2)17(16-20(25)26)21(27)28-15-6-3/h4-5,17H,1-2,6-16H2,3H3,(H,25,26). The molecule has 0 spiro atoms. The Hall–Kier alpha value is -2.44. The van der Waals surface area contributed by atoms with Gasteiger partial charge >= 0.3 is 11.9 Å². The van der Waals surface area contributed by atoms with Gasteiger partial charge in [-0.05, 0) is 44.9 Å². The lowest BCUT2D eigenvalue weighted by atomic mass is 10.1. The number of ether oxygens (including phenoxy) is 1.